The van der Waals surface area contributed by atoms with Gasteiger partial charge >= 0.3 is 6.09 Å². The van der Waals surface area contributed by atoms with Crippen LogP contribution in [0.15, 0.2) is 66.1 Å². The molecule has 5 unspecified atom stereocenters. The van der Waals surface area contributed by atoms with Crippen LogP contribution in [0.4, 0.5) is 14.9 Å². The number of hydrogen-bond donors (Lipinski definition) is 1. The van der Waals surface area contributed by atoms with Gasteiger partial charge in [-0.2, -0.15) is 4.31 Å². The van der Waals surface area contributed by atoms with Crippen molar-refractivity contribution in [1.82, 2.24) is 24.3 Å². The Hall–Kier alpha value is -3.56. The molecule has 5 aliphatic heterocycles. The molecule has 56 heavy (non-hydrogen) atoms. The third-order valence-electron chi connectivity index (χ3n) is 14.1. The lowest BCUT2D eigenvalue weighted by molar-refractivity contribution is -0.127. The lowest BCUT2D eigenvalue weighted by Crippen LogP contribution is -2.68. The Morgan fingerprint density at radius 3 is 2.32 bits per heavy atom. The summed E-state index contributed by atoms with van der Waals surface area (Å²) < 4.78 is 55.1. The largest absolute Gasteiger partial charge is 0.453 e. The summed E-state index contributed by atoms with van der Waals surface area (Å²) >= 11 is 0. The molecule has 6 fully saturated rings. The van der Waals surface area contributed by atoms with Gasteiger partial charge in [0.1, 0.15) is 11.4 Å². The number of rotatable bonds is 13. The number of carbonyl (C=O) groups is 2. The number of nitrogens with zero attached hydrogens (tertiary/aromatic N) is 5. The number of methoxy groups -OCH3 is 2. The second-order valence-corrected chi connectivity index (χ2v) is 19.0. The second kappa shape index (κ2) is 15.7. The number of carbonyl (C=O) groups excluding carboxylic acids is 2. The third kappa shape index (κ3) is 7.14. The van der Waals surface area contributed by atoms with Gasteiger partial charge in [-0.05, 0) is 125 Å². The highest BCUT2D eigenvalue weighted by molar-refractivity contribution is 7.89. The van der Waals surface area contributed by atoms with E-state index in [4.69, 9.17) is 9.47 Å². The number of piperidine rings is 1. The van der Waals surface area contributed by atoms with Gasteiger partial charge in [-0.1, -0.05) is 25.1 Å². The van der Waals surface area contributed by atoms with E-state index < -0.39 is 16.1 Å². The molecule has 304 valence electrons. The highest BCUT2D eigenvalue weighted by atomic mass is 32.2. The number of hydrogen-bond acceptors (Lipinski definition) is 9. The van der Waals surface area contributed by atoms with Gasteiger partial charge in [0.05, 0.1) is 25.1 Å². The van der Waals surface area contributed by atoms with E-state index in [9.17, 15) is 18.0 Å². The van der Waals surface area contributed by atoms with Crippen LogP contribution < -0.4 is 10.2 Å². The van der Waals surface area contributed by atoms with Crippen LogP contribution in [0.1, 0.15) is 50.5 Å². The molecule has 5 saturated heterocycles. The van der Waals surface area contributed by atoms with Crippen molar-refractivity contribution in [2.24, 2.45) is 11.8 Å². The third-order valence-corrected chi connectivity index (χ3v) is 16.1. The molecule has 1 N–H and O–H groups in total. The second-order valence-electron chi connectivity index (χ2n) is 17.1. The average molecular weight is 793 g/mol. The van der Waals surface area contributed by atoms with Crippen molar-refractivity contribution in [3.63, 3.8) is 0 Å². The molecular formula is C42H57FN6O6S. The first-order valence-electron chi connectivity index (χ1n) is 20.4. The van der Waals surface area contributed by atoms with Crippen molar-refractivity contribution < 1.29 is 31.9 Å². The minimum absolute atomic E-state index is 0.0347. The maximum Gasteiger partial charge on any atom is 0.407 e. The Labute approximate surface area is 331 Å². The van der Waals surface area contributed by atoms with Gasteiger partial charge in [0.15, 0.2) is 0 Å². The lowest BCUT2D eigenvalue weighted by atomic mass is 9.57. The van der Waals surface area contributed by atoms with Crippen molar-refractivity contribution in [1.29, 1.82) is 0 Å². The number of piperazine rings is 1. The number of nitrogens with one attached hydrogen (secondary N) is 1. The van der Waals surface area contributed by atoms with Crippen molar-refractivity contribution in [3.05, 3.63) is 72.6 Å². The first-order valence-corrected chi connectivity index (χ1v) is 21.8. The molecule has 8 rings (SSSR count). The number of halogens is 1. The fourth-order valence-electron chi connectivity index (χ4n) is 11.2. The minimum Gasteiger partial charge on any atom is -0.453 e. The fourth-order valence-corrected chi connectivity index (χ4v) is 12.8. The number of ether oxygens (including phenoxy) is 2. The van der Waals surface area contributed by atoms with E-state index in [-0.39, 0.29) is 51.7 Å². The molecule has 2 amide bonds. The number of benzene rings is 2. The van der Waals surface area contributed by atoms with Crippen molar-refractivity contribution >= 4 is 27.7 Å². The summed E-state index contributed by atoms with van der Waals surface area (Å²) in [6, 6.07) is 14.1. The van der Waals surface area contributed by atoms with Gasteiger partial charge in [0.2, 0.25) is 15.9 Å². The van der Waals surface area contributed by atoms with E-state index in [0.29, 0.717) is 38.5 Å². The summed E-state index contributed by atoms with van der Waals surface area (Å²) in [4.78, 5) is 34.0. The predicted molar refractivity (Wildman–Crippen MR) is 211 cm³/mol. The fraction of sp³-hybridized carbons (Fsp3) is 0.619. The van der Waals surface area contributed by atoms with Crippen molar-refractivity contribution in [2.75, 3.05) is 84.6 Å². The monoisotopic (exact) mass is 792 g/mol. The SMILES string of the molecule is C=CC(=O)N1CC2CC1CN2S(=O)(=O)c1ccc(N2CC(CN3CCC(C(CN4CCC4)(c4cccc(F)c4)C4CCCC4NC(=O)OC)CC3)(OC)C2)cc1. The Balaban J connectivity index is 0.926. The highest BCUT2D eigenvalue weighted by Gasteiger charge is 2.54. The molecule has 1 saturated carbocycles. The average Bonchev–Trinajstić information content (AvgIpc) is 3.94. The van der Waals surface area contributed by atoms with Crippen LogP contribution >= 0.6 is 0 Å². The maximum absolute atomic E-state index is 15.1. The summed E-state index contributed by atoms with van der Waals surface area (Å²) in [5.41, 5.74) is 1.34. The van der Waals surface area contributed by atoms with Gasteiger partial charge < -0.3 is 34.4 Å². The molecule has 0 spiro atoms. The van der Waals surface area contributed by atoms with E-state index in [1.807, 2.05) is 18.2 Å². The van der Waals surface area contributed by atoms with E-state index >= 15 is 4.39 Å². The van der Waals surface area contributed by atoms with E-state index in [2.05, 4.69) is 32.7 Å². The maximum atomic E-state index is 15.1. The van der Waals surface area contributed by atoms with Crippen LogP contribution in [-0.4, -0.2) is 143 Å². The normalized spacial score (nSPS) is 28.1. The lowest BCUT2D eigenvalue weighted by Gasteiger charge is -2.55. The van der Waals surface area contributed by atoms with Gasteiger partial charge in [0.25, 0.3) is 0 Å². The Kier molecular flexibility index (Phi) is 11.0. The van der Waals surface area contributed by atoms with Gasteiger partial charge in [-0.15, -0.1) is 0 Å². The molecule has 5 heterocycles. The zero-order chi connectivity index (χ0) is 39.2. The molecule has 0 radical (unpaired) electrons. The first-order chi connectivity index (χ1) is 27.0. The number of alkyl carbamates (subject to hydrolysis) is 1. The van der Waals surface area contributed by atoms with Crippen LogP contribution in [0.5, 0.6) is 0 Å². The van der Waals surface area contributed by atoms with E-state index in [1.165, 1.54) is 25.7 Å². The van der Waals surface area contributed by atoms with Crippen molar-refractivity contribution in [2.45, 2.75) is 79.0 Å². The summed E-state index contributed by atoms with van der Waals surface area (Å²) in [5.74, 6) is 0.108. The number of anilines is 1. The standard InChI is InChI=1S/C42H57FN6O6S/c1-4-39(50)48-24-35-23-34(48)25-49(35)56(52,53)36-14-12-33(13-15-36)47-27-41(28-47,55-3)26-46-20-16-30(17-21-46)42(29-45-18-7-19-45,31-8-5-9-32(43)22-31)37-10-6-11-38(37)44-40(51)54-2/h4-5,8-9,12-15,22,30,34-35,37-38H,1,6-7,10-11,16-21,23-29H2,2-3H3,(H,44,51). The topological polar surface area (TPSA) is 115 Å². The summed E-state index contributed by atoms with van der Waals surface area (Å²) in [6.07, 6.45) is 7.53. The highest BCUT2D eigenvalue weighted by Crippen LogP contribution is 2.52. The molecule has 0 aromatic heterocycles. The molecule has 14 heteroatoms. The van der Waals surface area contributed by atoms with Crippen LogP contribution in [0.3, 0.4) is 0 Å². The molecule has 1 aliphatic carbocycles. The molecule has 12 nitrogen and oxygen atoms in total. The first kappa shape index (κ1) is 39.3. The van der Waals surface area contributed by atoms with Crippen LogP contribution in [0.2, 0.25) is 0 Å². The van der Waals surface area contributed by atoms with E-state index in [0.717, 1.165) is 82.6 Å². The Morgan fingerprint density at radius 2 is 1.71 bits per heavy atom. The zero-order valence-corrected chi connectivity index (χ0v) is 33.6. The molecule has 2 bridgehead atoms. The molecule has 5 atom stereocenters. The van der Waals surface area contributed by atoms with E-state index in [1.54, 1.807) is 34.5 Å². The Morgan fingerprint density at radius 1 is 0.964 bits per heavy atom. The van der Waals surface area contributed by atoms with Gasteiger partial charge in [-0.3, -0.25) is 4.79 Å². The van der Waals surface area contributed by atoms with Crippen LogP contribution in [-0.2, 0) is 29.7 Å². The Bertz CT molecular complexity index is 1880. The summed E-state index contributed by atoms with van der Waals surface area (Å²) in [5, 5.41) is 3.18. The molecule has 2 aromatic carbocycles. The molecule has 6 aliphatic rings. The van der Waals surface area contributed by atoms with Crippen LogP contribution in [0.25, 0.3) is 0 Å². The number of likely N-dealkylation sites (tertiary alicyclic amines) is 3. The minimum atomic E-state index is -3.68. The predicted octanol–water partition coefficient (Wildman–Crippen LogP) is 4.07. The van der Waals surface area contributed by atoms with Gasteiger partial charge in [0, 0.05) is 62.5 Å². The smallest absolute Gasteiger partial charge is 0.407 e. The number of amides is 2. The molecule has 2 aromatic rings. The zero-order valence-electron chi connectivity index (χ0n) is 32.8. The number of fused-ring (bicyclic) bond motifs is 2. The summed E-state index contributed by atoms with van der Waals surface area (Å²) in [6.45, 7) is 11.2. The number of sulfonamides is 1. The van der Waals surface area contributed by atoms with Gasteiger partial charge in [-0.25, -0.2) is 17.6 Å². The molecular weight excluding hydrogens is 736 g/mol. The quantitative estimate of drug-likeness (QED) is 0.300. The van der Waals surface area contributed by atoms with Crippen molar-refractivity contribution in [3.8, 4) is 0 Å². The van der Waals surface area contributed by atoms with Crippen LogP contribution in [0, 0.1) is 17.7 Å². The summed E-state index contributed by atoms with van der Waals surface area (Å²) in [7, 11) is -0.491.